The number of aliphatic hydroxyl groups is 1. The van der Waals surface area contributed by atoms with Crippen molar-refractivity contribution in [1.82, 2.24) is 0 Å². The summed E-state index contributed by atoms with van der Waals surface area (Å²) in [6, 6.07) is 0. The molecular weight excluding hydrogens is 232 g/mol. The summed E-state index contributed by atoms with van der Waals surface area (Å²) in [7, 11) is 0. The summed E-state index contributed by atoms with van der Waals surface area (Å²) < 4.78 is 0. The molecule has 0 heterocycles. The van der Waals surface area contributed by atoms with Gasteiger partial charge in [-0.05, 0) is 44.4 Å². The van der Waals surface area contributed by atoms with Gasteiger partial charge < -0.3 is 5.11 Å². The second kappa shape index (κ2) is 8.09. The van der Waals surface area contributed by atoms with Crippen LogP contribution in [0, 0.1) is 17.8 Å². The van der Waals surface area contributed by atoms with Gasteiger partial charge in [0, 0.05) is 0 Å². The molecule has 2 saturated carbocycles. The SMILES string of the molecule is CC1CCCC2CCCC12.CCCC=CC(C)(C)O. The summed E-state index contributed by atoms with van der Waals surface area (Å²) in [5.74, 6) is 3.33. The summed E-state index contributed by atoms with van der Waals surface area (Å²) in [6.45, 7) is 8.13. The highest BCUT2D eigenvalue weighted by Crippen LogP contribution is 2.44. The lowest BCUT2D eigenvalue weighted by molar-refractivity contribution is 0.133. The number of hydrogen-bond acceptors (Lipinski definition) is 1. The van der Waals surface area contributed by atoms with E-state index in [-0.39, 0.29) is 0 Å². The average molecular weight is 266 g/mol. The molecule has 2 fully saturated rings. The molecule has 0 aromatic heterocycles. The first-order valence-electron chi connectivity index (χ1n) is 8.34. The molecule has 19 heavy (non-hydrogen) atoms. The van der Waals surface area contributed by atoms with Gasteiger partial charge in [0.1, 0.15) is 0 Å². The minimum absolute atomic E-state index is 0.630. The fraction of sp³-hybridized carbons (Fsp3) is 0.889. The molecule has 2 rings (SSSR count). The van der Waals surface area contributed by atoms with Crippen LogP contribution in [0.3, 0.4) is 0 Å². The minimum atomic E-state index is -0.630. The highest BCUT2D eigenvalue weighted by atomic mass is 16.3. The van der Waals surface area contributed by atoms with Gasteiger partial charge in [-0.2, -0.15) is 0 Å². The van der Waals surface area contributed by atoms with Crippen LogP contribution in [0.1, 0.15) is 79.1 Å². The average Bonchev–Trinajstić information content (AvgIpc) is 2.78. The van der Waals surface area contributed by atoms with E-state index in [4.69, 9.17) is 5.11 Å². The van der Waals surface area contributed by atoms with Gasteiger partial charge in [0.2, 0.25) is 0 Å². The first-order chi connectivity index (χ1) is 8.94. The van der Waals surface area contributed by atoms with Crippen molar-refractivity contribution in [1.29, 1.82) is 0 Å². The van der Waals surface area contributed by atoms with Gasteiger partial charge in [-0.3, -0.25) is 0 Å². The Labute approximate surface area is 120 Å². The molecule has 1 heteroatoms. The third kappa shape index (κ3) is 6.61. The summed E-state index contributed by atoms with van der Waals surface area (Å²) in [4.78, 5) is 0. The van der Waals surface area contributed by atoms with Crippen LogP contribution in [0.15, 0.2) is 12.2 Å². The van der Waals surface area contributed by atoms with E-state index in [9.17, 15) is 0 Å². The van der Waals surface area contributed by atoms with Gasteiger partial charge in [0.15, 0.2) is 0 Å². The molecule has 0 aliphatic heterocycles. The molecule has 2 aliphatic rings. The topological polar surface area (TPSA) is 20.2 Å². The smallest absolute Gasteiger partial charge is 0.0771 e. The molecule has 1 N–H and O–H groups in total. The standard InChI is InChI=1S/C10H18.C8H16O/c1-8-4-2-5-9-6-3-7-10(8)9;1-4-5-6-7-8(2,3)9/h8-10H,2-7H2,1H3;6-7,9H,4-5H2,1-3H3. The van der Waals surface area contributed by atoms with Crippen molar-refractivity contribution in [3.63, 3.8) is 0 Å². The molecule has 0 aromatic carbocycles. The van der Waals surface area contributed by atoms with Crippen LogP contribution in [0.25, 0.3) is 0 Å². The third-order valence-corrected chi connectivity index (χ3v) is 4.66. The Morgan fingerprint density at radius 1 is 1.11 bits per heavy atom. The zero-order chi connectivity index (χ0) is 14.3. The molecule has 0 aromatic rings. The molecule has 0 amide bonds. The van der Waals surface area contributed by atoms with Crippen molar-refractivity contribution in [2.75, 3.05) is 0 Å². The zero-order valence-electron chi connectivity index (χ0n) is 13.5. The van der Waals surface area contributed by atoms with Gasteiger partial charge >= 0.3 is 0 Å². The number of allylic oxidation sites excluding steroid dienone is 1. The first-order valence-corrected chi connectivity index (χ1v) is 8.34. The van der Waals surface area contributed by atoms with Crippen molar-refractivity contribution in [3.05, 3.63) is 12.2 Å². The summed E-state index contributed by atoms with van der Waals surface area (Å²) in [6.07, 6.45) is 15.3. The second-order valence-electron chi connectivity index (χ2n) is 7.11. The fourth-order valence-electron chi connectivity index (χ4n) is 3.63. The van der Waals surface area contributed by atoms with Crippen LogP contribution in [0.4, 0.5) is 0 Å². The molecule has 3 atom stereocenters. The van der Waals surface area contributed by atoms with Gasteiger partial charge in [-0.1, -0.05) is 64.5 Å². The molecule has 2 aliphatic carbocycles. The van der Waals surface area contributed by atoms with Crippen LogP contribution < -0.4 is 0 Å². The van der Waals surface area contributed by atoms with E-state index in [2.05, 4.69) is 13.8 Å². The summed E-state index contributed by atoms with van der Waals surface area (Å²) in [5, 5.41) is 9.16. The Bertz CT molecular complexity index is 261. The summed E-state index contributed by atoms with van der Waals surface area (Å²) in [5.41, 5.74) is -0.630. The maximum absolute atomic E-state index is 9.16. The molecule has 1 nitrogen and oxygen atoms in total. The van der Waals surface area contributed by atoms with E-state index in [1.165, 1.54) is 19.3 Å². The molecule has 0 spiro atoms. The third-order valence-electron chi connectivity index (χ3n) is 4.66. The number of hydrogen-bond donors (Lipinski definition) is 1. The maximum Gasteiger partial charge on any atom is 0.0771 e. The van der Waals surface area contributed by atoms with Gasteiger partial charge in [-0.25, -0.2) is 0 Å². The van der Waals surface area contributed by atoms with Gasteiger partial charge in [-0.15, -0.1) is 0 Å². The van der Waals surface area contributed by atoms with E-state index in [0.717, 1.165) is 30.6 Å². The molecule has 0 radical (unpaired) electrons. The number of rotatable bonds is 3. The Morgan fingerprint density at radius 2 is 1.74 bits per heavy atom. The molecule has 112 valence electrons. The Kier molecular flexibility index (Phi) is 7.13. The lowest BCUT2D eigenvalue weighted by atomic mass is 9.75. The van der Waals surface area contributed by atoms with E-state index in [1.807, 2.05) is 12.2 Å². The van der Waals surface area contributed by atoms with Crippen molar-refractivity contribution in [2.24, 2.45) is 17.8 Å². The zero-order valence-corrected chi connectivity index (χ0v) is 13.5. The van der Waals surface area contributed by atoms with Gasteiger partial charge in [0.25, 0.3) is 0 Å². The van der Waals surface area contributed by atoms with E-state index in [1.54, 1.807) is 33.1 Å². The Hall–Kier alpha value is -0.300. The lowest BCUT2D eigenvalue weighted by Crippen LogP contribution is -2.21. The normalized spacial score (nSPS) is 30.9. The van der Waals surface area contributed by atoms with Crippen LogP contribution in [0.5, 0.6) is 0 Å². The number of unbranched alkanes of at least 4 members (excludes halogenated alkanes) is 1. The summed E-state index contributed by atoms with van der Waals surface area (Å²) >= 11 is 0. The monoisotopic (exact) mass is 266 g/mol. The second-order valence-corrected chi connectivity index (χ2v) is 7.11. The highest BCUT2D eigenvalue weighted by molar-refractivity contribution is 4.94. The van der Waals surface area contributed by atoms with E-state index >= 15 is 0 Å². The number of fused-ring (bicyclic) bond motifs is 1. The van der Waals surface area contributed by atoms with Crippen molar-refractivity contribution in [3.8, 4) is 0 Å². The molecular formula is C18H34O. The first kappa shape index (κ1) is 16.8. The molecule has 0 saturated heterocycles. The maximum atomic E-state index is 9.16. The predicted octanol–water partition coefficient (Wildman–Crippen LogP) is 5.34. The van der Waals surface area contributed by atoms with Gasteiger partial charge in [0.05, 0.1) is 5.60 Å². The van der Waals surface area contributed by atoms with Crippen molar-refractivity contribution >= 4 is 0 Å². The van der Waals surface area contributed by atoms with Crippen molar-refractivity contribution < 1.29 is 5.11 Å². The van der Waals surface area contributed by atoms with E-state index < -0.39 is 5.60 Å². The Balaban J connectivity index is 0.000000192. The van der Waals surface area contributed by atoms with Crippen LogP contribution in [-0.4, -0.2) is 10.7 Å². The Morgan fingerprint density at radius 3 is 2.26 bits per heavy atom. The largest absolute Gasteiger partial charge is 0.386 e. The predicted molar refractivity (Wildman–Crippen MR) is 84.2 cm³/mol. The van der Waals surface area contributed by atoms with Crippen LogP contribution in [-0.2, 0) is 0 Å². The quantitative estimate of drug-likeness (QED) is 0.684. The van der Waals surface area contributed by atoms with Crippen LogP contribution in [0.2, 0.25) is 0 Å². The van der Waals surface area contributed by atoms with Crippen molar-refractivity contribution in [2.45, 2.75) is 84.7 Å². The van der Waals surface area contributed by atoms with Crippen LogP contribution >= 0.6 is 0 Å². The molecule has 0 bridgehead atoms. The highest BCUT2D eigenvalue weighted by Gasteiger charge is 2.33. The van der Waals surface area contributed by atoms with E-state index in [0.29, 0.717) is 0 Å². The minimum Gasteiger partial charge on any atom is -0.386 e. The lowest BCUT2D eigenvalue weighted by Gasteiger charge is -2.31. The fourth-order valence-corrected chi connectivity index (χ4v) is 3.63. The molecule has 3 unspecified atom stereocenters.